The van der Waals surface area contributed by atoms with E-state index in [1.54, 1.807) is 18.5 Å². The normalized spacial score (nSPS) is 14.8. The molecule has 1 aromatic heterocycles. The molecule has 1 aliphatic rings. The van der Waals surface area contributed by atoms with E-state index in [4.69, 9.17) is 4.74 Å². The molecule has 0 aliphatic carbocycles. The smallest absolute Gasteiger partial charge is 0.262 e. The molecule has 2 aromatic rings. The summed E-state index contributed by atoms with van der Waals surface area (Å²) in [4.78, 5) is 19.6. The van der Waals surface area contributed by atoms with Crippen LogP contribution in [0.3, 0.4) is 0 Å². The standard InChI is InChI=1S/C14H14N4O2/c1-9(17-14-15-5-2-6-16-14)10-3-4-12-11(7-10)18-13(19)8-20-12/h2-7,9H,8H2,1H3,(H,18,19)(H,15,16,17). The van der Waals surface area contributed by atoms with Crippen LogP contribution in [0.5, 0.6) is 5.75 Å². The number of carbonyl (C=O) groups is 1. The van der Waals surface area contributed by atoms with Gasteiger partial charge in [0.05, 0.1) is 11.7 Å². The quantitative estimate of drug-likeness (QED) is 0.892. The van der Waals surface area contributed by atoms with E-state index in [1.807, 2.05) is 25.1 Å². The van der Waals surface area contributed by atoms with Crippen molar-refractivity contribution in [3.8, 4) is 5.75 Å². The molecule has 0 spiro atoms. The maximum atomic E-state index is 11.3. The molecular weight excluding hydrogens is 256 g/mol. The topological polar surface area (TPSA) is 76.1 Å². The van der Waals surface area contributed by atoms with Crippen molar-refractivity contribution in [1.29, 1.82) is 0 Å². The number of fused-ring (bicyclic) bond motifs is 1. The number of nitrogens with zero attached hydrogens (tertiary/aromatic N) is 2. The minimum Gasteiger partial charge on any atom is -0.482 e. The van der Waals surface area contributed by atoms with Crippen LogP contribution in [-0.2, 0) is 4.79 Å². The third kappa shape index (κ3) is 2.54. The predicted molar refractivity (Wildman–Crippen MR) is 74.6 cm³/mol. The molecule has 0 radical (unpaired) electrons. The van der Waals surface area contributed by atoms with Crippen molar-refractivity contribution in [2.45, 2.75) is 13.0 Å². The molecule has 0 bridgehead atoms. The molecule has 1 amide bonds. The monoisotopic (exact) mass is 270 g/mol. The van der Waals surface area contributed by atoms with Crippen LogP contribution in [0.15, 0.2) is 36.7 Å². The number of hydrogen-bond acceptors (Lipinski definition) is 5. The van der Waals surface area contributed by atoms with Crippen molar-refractivity contribution in [3.05, 3.63) is 42.2 Å². The Kier molecular flexibility index (Phi) is 3.20. The van der Waals surface area contributed by atoms with E-state index >= 15 is 0 Å². The molecule has 0 saturated heterocycles. The fourth-order valence-electron chi connectivity index (χ4n) is 2.02. The third-order valence-electron chi connectivity index (χ3n) is 3.05. The molecule has 20 heavy (non-hydrogen) atoms. The van der Waals surface area contributed by atoms with E-state index in [0.29, 0.717) is 17.4 Å². The third-order valence-corrected chi connectivity index (χ3v) is 3.05. The second-order valence-electron chi connectivity index (χ2n) is 4.53. The van der Waals surface area contributed by atoms with Crippen LogP contribution < -0.4 is 15.4 Å². The van der Waals surface area contributed by atoms with Crippen LogP contribution in [0.25, 0.3) is 0 Å². The van der Waals surface area contributed by atoms with Crippen molar-refractivity contribution in [1.82, 2.24) is 9.97 Å². The molecule has 102 valence electrons. The Morgan fingerprint density at radius 2 is 2.15 bits per heavy atom. The molecule has 3 rings (SSSR count). The SMILES string of the molecule is CC(Nc1ncccn1)c1ccc2c(c1)NC(=O)CO2. The van der Waals surface area contributed by atoms with Gasteiger partial charge < -0.3 is 15.4 Å². The first-order valence-electron chi connectivity index (χ1n) is 6.32. The van der Waals surface area contributed by atoms with E-state index in [-0.39, 0.29) is 18.6 Å². The van der Waals surface area contributed by atoms with E-state index in [2.05, 4.69) is 20.6 Å². The Morgan fingerprint density at radius 3 is 2.95 bits per heavy atom. The number of benzene rings is 1. The van der Waals surface area contributed by atoms with Crippen LogP contribution in [0.4, 0.5) is 11.6 Å². The Hall–Kier alpha value is -2.63. The molecule has 1 aromatic carbocycles. The van der Waals surface area contributed by atoms with Gasteiger partial charge >= 0.3 is 0 Å². The Balaban J connectivity index is 1.80. The maximum Gasteiger partial charge on any atom is 0.262 e. The van der Waals surface area contributed by atoms with Gasteiger partial charge in [-0.3, -0.25) is 4.79 Å². The zero-order valence-electron chi connectivity index (χ0n) is 11.0. The summed E-state index contributed by atoms with van der Waals surface area (Å²) in [6.07, 6.45) is 3.37. The number of hydrogen-bond donors (Lipinski definition) is 2. The molecule has 1 atom stereocenters. The molecule has 0 saturated carbocycles. The van der Waals surface area contributed by atoms with E-state index in [0.717, 1.165) is 5.56 Å². The molecule has 6 nitrogen and oxygen atoms in total. The summed E-state index contributed by atoms with van der Waals surface area (Å²) >= 11 is 0. The predicted octanol–water partition coefficient (Wildman–Crippen LogP) is 1.98. The summed E-state index contributed by atoms with van der Waals surface area (Å²) in [5.41, 5.74) is 1.71. The average molecular weight is 270 g/mol. The van der Waals surface area contributed by atoms with Gasteiger partial charge in [-0.2, -0.15) is 0 Å². The maximum absolute atomic E-state index is 11.3. The van der Waals surface area contributed by atoms with Gasteiger partial charge in [0.25, 0.3) is 5.91 Å². The zero-order valence-corrected chi connectivity index (χ0v) is 11.0. The van der Waals surface area contributed by atoms with Crippen molar-refractivity contribution in [2.75, 3.05) is 17.2 Å². The van der Waals surface area contributed by atoms with Gasteiger partial charge in [0, 0.05) is 12.4 Å². The molecular formula is C14H14N4O2. The molecule has 2 heterocycles. The van der Waals surface area contributed by atoms with E-state index in [1.165, 1.54) is 0 Å². The summed E-state index contributed by atoms with van der Waals surface area (Å²) in [6.45, 7) is 2.07. The Morgan fingerprint density at radius 1 is 1.35 bits per heavy atom. The highest BCUT2D eigenvalue weighted by Crippen LogP contribution is 2.31. The fraction of sp³-hybridized carbons (Fsp3) is 0.214. The van der Waals surface area contributed by atoms with E-state index in [9.17, 15) is 4.79 Å². The number of rotatable bonds is 3. The highest BCUT2D eigenvalue weighted by molar-refractivity contribution is 5.95. The second kappa shape index (κ2) is 5.16. The lowest BCUT2D eigenvalue weighted by atomic mass is 10.1. The average Bonchev–Trinajstić information content (AvgIpc) is 2.47. The summed E-state index contributed by atoms with van der Waals surface area (Å²) in [5, 5.41) is 6.00. The number of aromatic nitrogens is 2. The number of anilines is 2. The lowest BCUT2D eigenvalue weighted by molar-refractivity contribution is -0.118. The van der Waals surface area contributed by atoms with Crippen LogP contribution in [-0.4, -0.2) is 22.5 Å². The Labute approximate surface area is 116 Å². The number of ether oxygens (including phenoxy) is 1. The Bertz CT molecular complexity index is 630. The number of amides is 1. The van der Waals surface area contributed by atoms with Gasteiger partial charge in [-0.05, 0) is 30.7 Å². The van der Waals surface area contributed by atoms with Crippen molar-refractivity contribution >= 4 is 17.5 Å². The molecule has 2 N–H and O–H groups in total. The summed E-state index contributed by atoms with van der Waals surface area (Å²) in [6, 6.07) is 7.49. The van der Waals surface area contributed by atoms with Gasteiger partial charge in [-0.1, -0.05) is 6.07 Å². The van der Waals surface area contributed by atoms with Crippen LogP contribution in [0.1, 0.15) is 18.5 Å². The minimum atomic E-state index is -0.137. The van der Waals surface area contributed by atoms with E-state index < -0.39 is 0 Å². The zero-order chi connectivity index (χ0) is 13.9. The summed E-state index contributed by atoms with van der Waals surface area (Å²) < 4.78 is 5.33. The second-order valence-corrected chi connectivity index (χ2v) is 4.53. The van der Waals surface area contributed by atoms with Crippen molar-refractivity contribution < 1.29 is 9.53 Å². The van der Waals surface area contributed by atoms with Gasteiger partial charge in [0.1, 0.15) is 5.75 Å². The minimum absolute atomic E-state index is 0.0153. The van der Waals surface area contributed by atoms with Crippen LogP contribution in [0, 0.1) is 0 Å². The molecule has 6 heteroatoms. The highest BCUT2D eigenvalue weighted by Gasteiger charge is 2.17. The largest absolute Gasteiger partial charge is 0.482 e. The lowest BCUT2D eigenvalue weighted by Crippen LogP contribution is -2.25. The van der Waals surface area contributed by atoms with Gasteiger partial charge in [-0.15, -0.1) is 0 Å². The highest BCUT2D eigenvalue weighted by atomic mass is 16.5. The van der Waals surface area contributed by atoms with Crippen LogP contribution >= 0.6 is 0 Å². The van der Waals surface area contributed by atoms with Gasteiger partial charge in [0.15, 0.2) is 6.61 Å². The fourth-order valence-corrected chi connectivity index (χ4v) is 2.02. The number of nitrogens with one attached hydrogen (secondary N) is 2. The van der Waals surface area contributed by atoms with Crippen molar-refractivity contribution in [2.24, 2.45) is 0 Å². The first kappa shape index (κ1) is 12.4. The first-order valence-corrected chi connectivity index (χ1v) is 6.32. The number of carbonyl (C=O) groups excluding carboxylic acids is 1. The van der Waals surface area contributed by atoms with Crippen molar-refractivity contribution in [3.63, 3.8) is 0 Å². The van der Waals surface area contributed by atoms with Gasteiger partial charge in [-0.25, -0.2) is 9.97 Å². The lowest BCUT2D eigenvalue weighted by Gasteiger charge is -2.20. The molecule has 1 aliphatic heterocycles. The van der Waals surface area contributed by atoms with Gasteiger partial charge in [0.2, 0.25) is 5.95 Å². The molecule has 0 fully saturated rings. The molecule has 1 unspecified atom stereocenters. The first-order chi connectivity index (χ1) is 9.72. The van der Waals surface area contributed by atoms with Crippen LogP contribution in [0.2, 0.25) is 0 Å². The summed E-state index contributed by atoms with van der Waals surface area (Å²) in [5.74, 6) is 1.12. The summed E-state index contributed by atoms with van der Waals surface area (Å²) in [7, 11) is 0.